The summed E-state index contributed by atoms with van der Waals surface area (Å²) in [6, 6.07) is 10.9. The topological polar surface area (TPSA) is 72.2 Å². The molecule has 1 N–H and O–H groups in total. The van der Waals surface area contributed by atoms with Gasteiger partial charge >= 0.3 is 0 Å². The van der Waals surface area contributed by atoms with Gasteiger partial charge in [-0.05, 0) is 42.5 Å². The Labute approximate surface area is 126 Å². The number of oxazole rings is 1. The molecule has 3 rings (SSSR count). The Hall–Kier alpha value is -2.05. The molecule has 2 aromatic carbocycles. The molecule has 21 heavy (non-hydrogen) atoms. The van der Waals surface area contributed by atoms with E-state index < -0.39 is 10.0 Å². The first kappa shape index (κ1) is 13.9. The van der Waals surface area contributed by atoms with Crippen molar-refractivity contribution >= 4 is 38.4 Å². The highest BCUT2D eigenvalue weighted by molar-refractivity contribution is 7.92. The minimum Gasteiger partial charge on any atom is -0.441 e. The highest BCUT2D eigenvalue weighted by Gasteiger charge is 2.14. The molecule has 5 nitrogen and oxygen atoms in total. The van der Waals surface area contributed by atoms with Crippen LogP contribution in [0.15, 0.2) is 51.8 Å². The second-order valence-electron chi connectivity index (χ2n) is 4.47. The first-order chi connectivity index (χ1) is 9.94. The molecule has 0 fully saturated rings. The zero-order valence-corrected chi connectivity index (χ0v) is 12.6. The summed E-state index contributed by atoms with van der Waals surface area (Å²) >= 11 is 5.76. The summed E-state index contributed by atoms with van der Waals surface area (Å²) in [4.78, 5) is 4.31. The van der Waals surface area contributed by atoms with E-state index in [0.29, 0.717) is 27.7 Å². The Balaban J connectivity index is 1.94. The molecule has 0 aliphatic carbocycles. The van der Waals surface area contributed by atoms with Gasteiger partial charge in [-0.25, -0.2) is 13.4 Å². The van der Waals surface area contributed by atoms with Gasteiger partial charge in [0.15, 0.2) is 11.5 Å². The predicted molar refractivity (Wildman–Crippen MR) is 81.0 cm³/mol. The van der Waals surface area contributed by atoms with Gasteiger partial charge in [-0.1, -0.05) is 11.6 Å². The van der Waals surface area contributed by atoms with Gasteiger partial charge in [0, 0.05) is 11.9 Å². The third-order valence-corrected chi connectivity index (χ3v) is 4.52. The van der Waals surface area contributed by atoms with Crippen LogP contribution in [0.25, 0.3) is 11.1 Å². The third kappa shape index (κ3) is 2.86. The van der Waals surface area contributed by atoms with Crippen molar-refractivity contribution < 1.29 is 12.8 Å². The van der Waals surface area contributed by atoms with Crippen LogP contribution in [0.1, 0.15) is 5.89 Å². The minimum absolute atomic E-state index is 0.142. The number of hydrogen-bond donors (Lipinski definition) is 1. The lowest BCUT2D eigenvalue weighted by Crippen LogP contribution is -2.12. The van der Waals surface area contributed by atoms with Gasteiger partial charge in [0.2, 0.25) is 0 Å². The van der Waals surface area contributed by atoms with Crippen molar-refractivity contribution in [3.8, 4) is 0 Å². The number of nitrogens with one attached hydrogen (secondary N) is 1. The molecule has 0 spiro atoms. The highest BCUT2D eigenvalue weighted by Crippen LogP contribution is 2.22. The maximum atomic E-state index is 12.3. The van der Waals surface area contributed by atoms with Crippen molar-refractivity contribution in [3.63, 3.8) is 0 Å². The smallest absolute Gasteiger partial charge is 0.261 e. The van der Waals surface area contributed by atoms with E-state index in [9.17, 15) is 8.42 Å². The van der Waals surface area contributed by atoms with Crippen LogP contribution in [-0.4, -0.2) is 13.4 Å². The highest BCUT2D eigenvalue weighted by atomic mass is 35.5. The maximum Gasteiger partial charge on any atom is 0.261 e. The number of sulfonamides is 1. The first-order valence-electron chi connectivity index (χ1n) is 6.10. The number of aromatic nitrogens is 1. The third-order valence-electron chi connectivity index (χ3n) is 2.87. The van der Waals surface area contributed by atoms with Crippen LogP contribution in [-0.2, 0) is 10.0 Å². The lowest BCUT2D eigenvalue weighted by atomic mass is 10.3. The van der Waals surface area contributed by atoms with Gasteiger partial charge in [-0.3, -0.25) is 4.72 Å². The van der Waals surface area contributed by atoms with Crippen LogP contribution >= 0.6 is 11.6 Å². The van der Waals surface area contributed by atoms with E-state index in [1.54, 1.807) is 25.1 Å². The van der Waals surface area contributed by atoms with Crippen molar-refractivity contribution in [3.05, 3.63) is 53.4 Å². The lowest BCUT2D eigenvalue weighted by molar-refractivity contribution is 0.561. The van der Waals surface area contributed by atoms with E-state index in [-0.39, 0.29) is 4.90 Å². The fourth-order valence-corrected chi connectivity index (χ4v) is 3.11. The van der Waals surface area contributed by atoms with Gasteiger partial charge in [0.05, 0.1) is 10.6 Å². The minimum atomic E-state index is -3.66. The summed E-state index contributed by atoms with van der Waals surface area (Å²) in [5, 5.41) is 0.480. The van der Waals surface area contributed by atoms with Crippen molar-refractivity contribution in [2.24, 2.45) is 0 Å². The maximum absolute atomic E-state index is 12.3. The van der Waals surface area contributed by atoms with Crippen LogP contribution < -0.4 is 4.72 Å². The average Bonchev–Trinajstić information content (AvgIpc) is 2.78. The molecule has 0 aliphatic rings. The molecule has 0 amide bonds. The summed E-state index contributed by atoms with van der Waals surface area (Å²) < 4.78 is 32.4. The van der Waals surface area contributed by atoms with Gasteiger partial charge < -0.3 is 4.42 Å². The average molecular weight is 323 g/mol. The second kappa shape index (κ2) is 5.05. The summed E-state index contributed by atoms with van der Waals surface area (Å²) in [6.07, 6.45) is 0. The summed E-state index contributed by atoms with van der Waals surface area (Å²) in [7, 11) is -3.66. The normalized spacial score (nSPS) is 11.7. The largest absolute Gasteiger partial charge is 0.441 e. The molecule has 0 saturated heterocycles. The molecule has 0 atom stereocenters. The summed E-state index contributed by atoms with van der Waals surface area (Å²) in [5.41, 5.74) is 1.64. The number of halogens is 1. The molecule has 0 saturated carbocycles. The van der Waals surface area contributed by atoms with E-state index >= 15 is 0 Å². The van der Waals surface area contributed by atoms with Gasteiger partial charge in [-0.2, -0.15) is 0 Å². The van der Waals surface area contributed by atoms with Crippen molar-refractivity contribution in [2.75, 3.05) is 4.72 Å². The number of benzene rings is 2. The Kier molecular flexibility index (Phi) is 3.35. The molecule has 7 heteroatoms. The number of nitrogens with zero attached hydrogens (tertiary/aromatic N) is 1. The first-order valence-corrected chi connectivity index (χ1v) is 7.96. The van der Waals surface area contributed by atoms with Gasteiger partial charge in [0.1, 0.15) is 5.52 Å². The monoisotopic (exact) mass is 322 g/mol. The van der Waals surface area contributed by atoms with E-state index in [1.165, 1.54) is 24.3 Å². The molecule has 108 valence electrons. The van der Waals surface area contributed by atoms with E-state index in [4.69, 9.17) is 16.0 Å². The SMILES string of the molecule is Cc1nc2cc(NS(=O)(=O)c3ccc(Cl)cc3)ccc2o1. The van der Waals surface area contributed by atoms with Crippen molar-refractivity contribution in [2.45, 2.75) is 11.8 Å². The van der Waals surface area contributed by atoms with Crippen LogP contribution in [0.2, 0.25) is 5.02 Å². The van der Waals surface area contributed by atoms with Crippen molar-refractivity contribution in [1.82, 2.24) is 4.98 Å². The van der Waals surface area contributed by atoms with E-state index in [0.717, 1.165) is 0 Å². The molecule has 0 bridgehead atoms. The number of aryl methyl sites for hydroxylation is 1. The summed E-state index contributed by atoms with van der Waals surface area (Å²) in [5.74, 6) is 0.530. The van der Waals surface area contributed by atoms with Crippen LogP contribution in [0.4, 0.5) is 5.69 Å². The van der Waals surface area contributed by atoms with E-state index in [2.05, 4.69) is 9.71 Å². The Morgan fingerprint density at radius 2 is 1.86 bits per heavy atom. The van der Waals surface area contributed by atoms with Gasteiger partial charge in [-0.15, -0.1) is 0 Å². The molecular weight excluding hydrogens is 312 g/mol. The van der Waals surface area contributed by atoms with Crippen molar-refractivity contribution in [1.29, 1.82) is 0 Å². The molecule has 0 aliphatic heterocycles. The van der Waals surface area contributed by atoms with Crippen LogP contribution in [0, 0.1) is 6.92 Å². The molecule has 0 unspecified atom stereocenters. The standard InChI is InChI=1S/C14H11ClN2O3S/c1-9-16-13-8-11(4-7-14(13)20-9)17-21(18,19)12-5-2-10(15)3-6-12/h2-8,17H,1H3. The zero-order chi connectivity index (χ0) is 15.0. The summed E-state index contributed by atoms with van der Waals surface area (Å²) in [6.45, 7) is 1.73. The Morgan fingerprint density at radius 1 is 1.14 bits per heavy atom. The predicted octanol–water partition coefficient (Wildman–Crippen LogP) is 3.59. The number of fused-ring (bicyclic) bond motifs is 1. The molecule has 1 heterocycles. The zero-order valence-electron chi connectivity index (χ0n) is 11.0. The van der Waals surface area contributed by atoms with Crippen LogP contribution in [0.5, 0.6) is 0 Å². The Morgan fingerprint density at radius 3 is 2.57 bits per heavy atom. The lowest BCUT2D eigenvalue weighted by Gasteiger charge is -2.07. The number of hydrogen-bond acceptors (Lipinski definition) is 4. The van der Waals surface area contributed by atoms with Gasteiger partial charge in [0.25, 0.3) is 10.0 Å². The molecule has 0 radical (unpaired) electrons. The Bertz CT molecular complexity index is 902. The number of anilines is 1. The quantitative estimate of drug-likeness (QED) is 0.799. The molecule has 3 aromatic rings. The number of rotatable bonds is 3. The van der Waals surface area contributed by atoms with Crippen LogP contribution in [0.3, 0.4) is 0 Å². The molecular formula is C14H11ClN2O3S. The fourth-order valence-electron chi connectivity index (χ4n) is 1.93. The fraction of sp³-hybridized carbons (Fsp3) is 0.0714. The van der Waals surface area contributed by atoms with E-state index in [1.807, 2.05) is 0 Å². The second-order valence-corrected chi connectivity index (χ2v) is 6.59. The molecule has 1 aromatic heterocycles.